The molecule has 2 aliphatic rings. The van der Waals surface area contributed by atoms with Crippen molar-refractivity contribution in [2.45, 2.75) is 50.1 Å². The smallest absolute Gasteiger partial charge is 0.407 e. The van der Waals surface area contributed by atoms with Crippen LogP contribution in [0.25, 0.3) is 11.1 Å². The summed E-state index contributed by atoms with van der Waals surface area (Å²) in [7, 11) is 1.29. The molecule has 1 aliphatic heterocycles. The Kier molecular flexibility index (Phi) is 10.5. The van der Waals surface area contributed by atoms with Crippen LogP contribution < -0.4 is 5.32 Å². The number of alkyl carbamates (subject to hydrolysis) is 1. The normalized spacial score (nSPS) is 17.0. The average molecular weight is 592 g/mol. The van der Waals surface area contributed by atoms with Crippen molar-refractivity contribution >= 4 is 29.8 Å². The Balaban J connectivity index is 1.48. The van der Waals surface area contributed by atoms with Crippen LogP contribution in [0.3, 0.4) is 0 Å². The summed E-state index contributed by atoms with van der Waals surface area (Å²) in [5.74, 6) is -3.40. The second-order valence-corrected chi connectivity index (χ2v) is 10.7. The predicted octanol–water partition coefficient (Wildman–Crippen LogP) is 3.33. The molecule has 2 atom stereocenters. The van der Waals surface area contributed by atoms with Crippen LogP contribution in [0.2, 0.25) is 0 Å². The number of nitrogens with one attached hydrogen (secondary N) is 1. The number of likely N-dealkylation sites (tertiary alicyclic amines) is 1. The minimum Gasteiger partial charge on any atom is -0.480 e. The van der Waals surface area contributed by atoms with Gasteiger partial charge in [0.25, 0.3) is 0 Å². The number of amides is 3. The largest absolute Gasteiger partial charge is 0.480 e. The molecule has 4 rings (SSSR count). The zero-order valence-corrected chi connectivity index (χ0v) is 24.2. The number of carboxylic acids is 1. The number of esters is 1. The maximum absolute atomic E-state index is 13.8. The minimum absolute atomic E-state index is 0.0702. The summed E-state index contributed by atoms with van der Waals surface area (Å²) in [5.41, 5.74) is 4.29. The molecule has 2 N–H and O–H groups in total. The van der Waals surface area contributed by atoms with E-state index in [2.05, 4.69) is 11.9 Å². The van der Waals surface area contributed by atoms with Crippen LogP contribution in [0, 0.1) is 0 Å². The predicted molar refractivity (Wildman–Crippen MR) is 157 cm³/mol. The summed E-state index contributed by atoms with van der Waals surface area (Å²) >= 11 is 0. The van der Waals surface area contributed by atoms with E-state index in [0.29, 0.717) is 19.3 Å². The fourth-order valence-electron chi connectivity index (χ4n) is 5.70. The third kappa shape index (κ3) is 7.59. The maximum atomic E-state index is 13.8. The quantitative estimate of drug-likeness (QED) is 0.299. The minimum atomic E-state index is -1.31. The number of benzene rings is 2. The number of likely N-dealkylation sites (N-methyl/N-ethyl adjacent to an activating group) is 1. The molecule has 0 spiro atoms. The summed E-state index contributed by atoms with van der Waals surface area (Å²) in [6.45, 7) is 3.03. The van der Waals surface area contributed by atoms with Crippen LogP contribution in [0.5, 0.6) is 0 Å². The van der Waals surface area contributed by atoms with Gasteiger partial charge in [0.05, 0.1) is 6.42 Å². The number of carboxylic acid groups (broad SMARTS) is 1. The van der Waals surface area contributed by atoms with Gasteiger partial charge in [0.15, 0.2) is 0 Å². The van der Waals surface area contributed by atoms with Gasteiger partial charge in [-0.1, -0.05) is 74.0 Å². The van der Waals surface area contributed by atoms with Crippen LogP contribution in [-0.2, 0) is 28.7 Å². The molecule has 3 amide bonds. The third-order valence-corrected chi connectivity index (χ3v) is 7.74. The first-order valence-corrected chi connectivity index (χ1v) is 14.4. The number of nitrogens with zero attached hydrogens (tertiary/aromatic N) is 2. The molecule has 0 saturated carbocycles. The summed E-state index contributed by atoms with van der Waals surface area (Å²) < 4.78 is 10.7. The molecule has 2 aromatic carbocycles. The summed E-state index contributed by atoms with van der Waals surface area (Å²) in [4.78, 5) is 66.2. The molecule has 11 heteroatoms. The highest BCUT2D eigenvalue weighted by atomic mass is 16.5. The van der Waals surface area contributed by atoms with Gasteiger partial charge < -0.3 is 29.7 Å². The Labute approximate surface area is 250 Å². The number of carbonyl (C=O) groups is 5. The molecule has 0 aromatic heterocycles. The molecule has 0 radical (unpaired) electrons. The first-order chi connectivity index (χ1) is 20.7. The second kappa shape index (κ2) is 14.5. The molecule has 0 bridgehead atoms. The highest BCUT2D eigenvalue weighted by Gasteiger charge is 2.38. The Morgan fingerprint density at radius 2 is 1.70 bits per heavy atom. The van der Waals surface area contributed by atoms with E-state index in [9.17, 15) is 29.1 Å². The summed E-state index contributed by atoms with van der Waals surface area (Å²) in [6.07, 6.45) is 2.40. The van der Waals surface area contributed by atoms with E-state index in [-0.39, 0.29) is 25.7 Å². The monoisotopic (exact) mass is 591 g/mol. The molecule has 1 aliphatic carbocycles. The van der Waals surface area contributed by atoms with Crippen molar-refractivity contribution in [3.63, 3.8) is 0 Å². The van der Waals surface area contributed by atoms with Crippen molar-refractivity contribution in [3.05, 3.63) is 72.3 Å². The number of hydrogen-bond donors (Lipinski definition) is 2. The lowest BCUT2D eigenvalue weighted by molar-refractivity contribution is -0.154. The van der Waals surface area contributed by atoms with Crippen LogP contribution in [-0.4, -0.2) is 90.2 Å². The van der Waals surface area contributed by atoms with Crippen molar-refractivity contribution in [1.29, 1.82) is 0 Å². The van der Waals surface area contributed by atoms with Crippen LogP contribution in [0.15, 0.2) is 61.2 Å². The Bertz CT molecular complexity index is 1330. The zero-order chi connectivity index (χ0) is 30.9. The molecule has 43 heavy (non-hydrogen) atoms. The first kappa shape index (κ1) is 31.3. The van der Waals surface area contributed by atoms with E-state index < -0.39 is 54.9 Å². The standard InChI is InChI=1S/C32H37N3O8/c1-3-17-42-29(38)18-27(31(40)34(2)19-28(36)37)35-16-10-4-5-15-26(30(35)39)33-32(41)43-20-25-23-13-8-6-11-21(23)22-12-7-9-14-24(22)25/h3,6-9,11-14,25-27H,1,4-5,10,15-20H2,2H3,(H,33,41)(H,36,37)/t26-,27-/m0/s1. The van der Waals surface area contributed by atoms with E-state index in [1.54, 1.807) is 0 Å². The van der Waals surface area contributed by atoms with E-state index in [0.717, 1.165) is 33.6 Å². The van der Waals surface area contributed by atoms with E-state index in [1.165, 1.54) is 18.0 Å². The fourth-order valence-corrected chi connectivity index (χ4v) is 5.70. The molecular formula is C32H37N3O8. The molecule has 0 unspecified atom stereocenters. The highest BCUT2D eigenvalue weighted by molar-refractivity contribution is 5.94. The summed E-state index contributed by atoms with van der Waals surface area (Å²) in [6, 6.07) is 13.6. The molecular weight excluding hydrogens is 554 g/mol. The number of carbonyl (C=O) groups excluding carboxylic acids is 4. The molecule has 1 saturated heterocycles. The van der Waals surface area contributed by atoms with Crippen LogP contribution in [0.4, 0.5) is 4.79 Å². The van der Waals surface area contributed by atoms with Crippen molar-refractivity contribution < 1.29 is 38.6 Å². The van der Waals surface area contributed by atoms with Gasteiger partial charge in [-0.05, 0) is 35.1 Å². The van der Waals surface area contributed by atoms with Gasteiger partial charge in [-0.3, -0.25) is 19.2 Å². The van der Waals surface area contributed by atoms with E-state index >= 15 is 0 Å². The number of ether oxygens (including phenoxy) is 2. The van der Waals surface area contributed by atoms with Gasteiger partial charge in [-0.25, -0.2) is 4.79 Å². The van der Waals surface area contributed by atoms with Gasteiger partial charge in [0.1, 0.15) is 31.8 Å². The average Bonchev–Trinajstić information content (AvgIpc) is 3.31. The SMILES string of the molecule is C=CCOC(=O)C[C@@H](C(=O)N(C)CC(=O)O)N1CCCCC[C@H](NC(=O)OCC2c3ccccc3-c3ccccc32)C1=O. The number of aliphatic carboxylic acids is 1. The van der Waals surface area contributed by atoms with Gasteiger partial charge in [-0.15, -0.1) is 0 Å². The molecule has 1 heterocycles. The van der Waals surface area contributed by atoms with Gasteiger partial charge in [0.2, 0.25) is 11.8 Å². The van der Waals surface area contributed by atoms with E-state index in [4.69, 9.17) is 9.47 Å². The number of fused-ring (bicyclic) bond motifs is 3. The third-order valence-electron chi connectivity index (χ3n) is 7.74. The lowest BCUT2D eigenvalue weighted by Gasteiger charge is -2.36. The lowest BCUT2D eigenvalue weighted by Crippen LogP contribution is -2.57. The lowest BCUT2D eigenvalue weighted by atomic mass is 9.98. The molecule has 228 valence electrons. The molecule has 2 aromatic rings. The zero-order valence-electron chi connectivity index (χ0n) is 24.2. The van der Waals surface area contributed by atoms with Crippen LogP contribution in [0.1, 0.15) is 49.1 Å². The number of hydrogen-bond acceptors (Lipinski definition) is 7. The Morgan fingerprint density at radius 1 is 1.05 bits per heavy atom. The highest BCUT2D eigenvalue weighted by Crippen LogP contribution is 2.44. The Morgan fingerprint density at radius 3 is 2.33 bits per heavy atom. The fraction of sp³-hybridized carbons (Fsp3) is 0.406. The topological polar surface area (TPSA) is 143 Å². The number of rotatable bonds is 11. The van der Waals surface area contributed by atoms with Gasteiger partial charge >= 0.3 is 18.0 Å². The Hall–Kier alpha value is -4.67. The van der Waals surface area contributed by atoms with Crippen molar-refractivity contribution in [2.75, 3.05) is 33.4 Å². The van der Waals surface area contributed by atoms with Crippen molar-refractivity contribution in [1.82, 2.24) is 15.1 Å². The van der Waals surface area contributed by atoms with Gasteiger partial charge in [0, 0.05) is 19.5 Å². The molecule has 1 fully saturated rings. The molecule has 11 nitrogen and oxygen atoms in total. The van der Waals surface area contributed by atoms with Crippen LogP contribution >= 0.6 is 0 Å². The van der Waals surface area contributed by atoms with E-state index in [1.807, 2.05) is 48.5 Å². The van der Waals surface area contributed by atoms with Gasteiger partial charge in [-0.2, -0.15) is 0 Å². The van der Waals surface area contributed by atoms with Crippen molar-refractivity contribution in [3.8, 4) is 11.1 Å². The summed E-state index contributed by atoms with van der Waals surface area (Å²) in [5, 5.41) is 11.9. The first-order valence-electron chi connectivity index (χ1n) is 14.4. The second-order valence-electron chi connectivity index (χ2n) is 10.7. The van der Waals surface area contributed by atoms with Crippen molar-refractivity contribution in [2.24, 2.45) is 0 Å². The maximum Gasteiger partial charge on any atom is 0.407 e.